The van der Waals surface area contributed by atoms with Gasteiger partial charge in [0.25, 0.3) is 0 Å². The first kappa shape index (κ1) is 14.3. The van der Waals surface area contributed by atoms with Crippen molar-refractivity contribution in [3.05, 3.63) is 0 Å². The lowest BCUT2D eigenvalue weighted by Gasteiger charge is -2.38. The van der Waals surface area contributed by atoms with Gasteiger partial charge in [0.15, 0.2) is 0 Å². The van der Waals surface area contributed by atoms with E-state index in [2.05, 4.69) is 24.1 Å². The minimum Gasteiger partial charge on any atom is -0.393 e. The number of hydrogen-bond donors (Lipinski definition) is 2. The van der Waals surface area contributed by atoms with Gasteiger partial charge in [0, 0.05) is 44.2 Å². The molecular formula is C14H28N2O2. The molecule has 2 saturated heterocycles. The van der Waals surface area contributed by atoms with E-state index >= 15 is 0 Å². The molecule has 0 spiro atoms. The van der Waals surface area contributed by atoms with Gasteiger partial charge in [-0.25, -0.2) is 0 Å². The zero-order valence-electron chi connectivity index (χ0n) is 11.8. The average molecular weight is 256 g/mol. The van der Waals surface area contributed by atoms with Crippen molar-refractivity contribution in [1.82, 2.24) is 10.2 Å². The molecule has 2 heterocycles. The molecule has 2 aliphatic rings. The van der Waals surface area contributed by atoms with E-state index in [1.165, 1.54) is 0 Å². The summed E-state index contributed by atoms with van der Waals surface area (Å²) < 4.78 is 5.64. The summed E-state index contributed by atoms with van der Waals surface area (Å²) in [6, 6.07) is 0.533. The number of hydrogen-bond acceptors (Lipinski definition) is 4. The second-order valence-corrected chi connectivity index (χ2v) is 6.35. The van der Waals surface area contributed by atoms with Gasteiger partial charge in [-0.15, -0.1) is 0 Å². The third-order valence-corrected chi connectivity index (χ3v) is 4.19. The number of nitrogens with one attached hydrogen (secondary N) is 1. The standard InChI is InChI=1S/C14H28N2O2/c1-12(2)15-9-14(5-8-18-11-14)10-16-6-3-13(17)4-7-16/h12-13,15,17H,3-11H2,1-2H3. The Morgan fingerprint density at radius 2 is 2.11 bits per heavy atom. The van der Waals surface area contributed by atoms with Crippen LogP contribution in [0.5, 0.6) is 0 Å². The summed E-state index contributed by atoms with van der Waals surface area (Å²) in [5.41, 5.74) is 0.284. The molecule has 0 aromatic carbocycles. The minimum absolute atomic E-state index is 0.0779. The molecule has 0 saturated carbocycles. The van der Waals surface area contributed by atoms with E-state index in [9.17, 15) is 5.11 Å². The molecule has 4 nitrogen and oxygen atoms in total. The topological polar surface area (TPSA) is 44.7 Å². The normalized spacial score (nSPS) is 31.3. The van der Waals surface area contributed by atoms with E-state index in [0.29, 0.717) is 6.04 Å². The Morgan fingerprint density at radius 1 is 1.39 bits per heavy atom. The molecule has 18 heavy (non-hydrogen) atoms. The predicted octanol–water partition coefficient (Wildman–Crippen LogP) is 0.848. The fourth-order valence-corrected chi connectivity index (χ4v) is 2.94. The number of ether oxygens (including phenoxy) is 1. The molecule has 2 rings (SSSR count). The van der Waals surface area contributed by atoms with Gasteiger partial charge < -0.3 is 20.1 Å². The molecule has 2 fully saturated rings. The lowest BCUT2D eigenvalue weighted by Crippen LogP contribution is -2.48. The van der Waals surface area contributed by atoms with Crippen molar-refractivity contribution in [3.8, 4) is 0 Å². The van der Waals surface area contributed by atoms with E-state index in [1.54, 1.807) is 0 Å². The Labute approximate surface area is 111 Å². The highest BCUT2D eigenvalue weighted by atomic mass is 16.5. The summed E-state index contributed by atoms with van der Waals surface area (Å²) in [5, 5.41) is 13.1. The van der Waals surface area contributed by atoms with Crippen LogP contribution in [0, 0.1) is 5.41 Å². The predicted molar refractivity (Wildman–Crippen MR) is 72.7 cm³/mol. The first-order chi connectivity index (χ1) is 8.60. The molecule has 4 heteroatoms. The number of piperidine rings is 1. The fraction of sp³-hybridized carbons (Fsp3) is 1.00. The highest BCUT2D eigenvalue weighted by Crippen LogP contribution is 2.30. The van der Waals surface area contributed by atoms with Crippen LogP contribution in [0.25, 0.3) is 0 Å². The molecule has 2 aliphatic heterocycles. The number of aliphatic hydroxyl groups is 1. The van der Waals surface area contributed by atoms with Crippen LogP contribution < -0.4 is 5.32 Å². The highest BCUT2D eigenvalue weighted by molar-refractivity contribution is 4.90. The van der Waals surface area contributed by atoms with Gasteiger partial charge in [-0.05, 0) is 19.3 Å². The number of likely N-dealkylation sites (tertiary alicyclic amines) is 1. The summed E-state index contributed by atoms with van der Waals surface area (Å²) in [5.74, 6) is 0. The van der Waals surface area contributed by atoms with Gasteiger partial charge in [-0.2, -0.15) is 0 Å². The Morgan fingerprint density at radius 3 is 2.67 bits per heavy atom. The second kappa shape index (κ2) is 6.33. The maximum Gasteiger partial charge on any atom is 0.0564 e. The average Bonchev–Trinajstić information content (AvgIpc) is 2.79. The summed E-state index contributed by atoms with van der Waals surface area (Å²) in [4.78, 5) is 2.50. The Bertz CT molecular complexity index is 244. The maximum atomic E-state index is 9.56. The SMILES string of the molecule is CC(C)NCC1(CN2CCC(O)CC2)CCOC1. The molecule has 106 valence electrons. The van der Waals surface area contributed by atoms with Gasteiger partial charge in [0.2, 0.25) is 0 Å². The number of nitrogens with zero attached hydrogens (tertiary/aromatic N) is 1. The van der Waals surface area contributed by atoms with Crippen LogP contribution in [0.2, 0.25) is 0 Å². The first-order valence-corrected chi connectivity index (χ1v) is 7.31. The van der Waals surface area contributed by atoms with Crippen molar-refractivity contribution in [2.45, 2.75) is 45.3 Å². The molecule has 1 atom stereocenters. The van der Waals surface area contributed by atoms with Crippen LogP contribution >= 0.6 is 0 Å². The lowest BCUT2D eigenvalue weighted by atomic mass is 9.85. The molecule has 2 N–H and O–H groups in total. The molecule has 0 bridgehead atoms. The van der Waals surface area contributed by atoms with Crippen LogP contribution in [0.1, 0.15) is 33.1 Å². The van der Waals surface area contributed by atoms with Crippen molar-refractivity contribution in [2.75, 3.05) is 39.4 Å². The monoisotopic (exact) mass is 256 g/mol. The maximum absolute atomic E-state index is 9.56. The highest BCUT2D eigenvalue weighted by Gasteiger charge is 2.37. The van der Waals surface area contributed by atoms with Crippen LogP contribution in [-0.2, 0) is 4.74 Å². The summed E-state index contributed by atoms with van der Waals surface area (Å²) in [6.45, 7) is 10.4. The number of rotatable bonds is 5. The number of aliphatic hydroxyl groups excluding tert-OH is 1. The lowest BCUT2D eigenvalue weighted by molar-refractivity contribution is 0.0494. The van der Waals surface area contributed by atoms with Gasteiger partial charge in [0.05, 0.1) is 12.7 Å². The molecule has 1 unspecified atom stereocenters. The molecule has 0 radical (unpaired) electrons. The minimum atomic E-state index is -0.0779. The zero-order chi connectivity index (χ0) is 13.0. The molecule has 0 amide bonds. The van der Waals surface area contributed by atoms with Crippen molar-refractivity contribution < 1.29 is 9.84 Å². The quantitative estimate of drug-likeness (QED) is 0.765. The van der Waals surface area contributed by atoms with E-state index in [4.69, 9.17) is 4.74 Å². The molecule has 0 aliphatic carbocycles. The second-order valence-electron chi connectivity index (χ2n) is 6.35. The smallest absolute Gasteiger partial charge is 0.0564 e. The Balaban J connectivity index is 1.85. The van der Waals surface area contributed by atoms with Crippen molar-refractivity contribution in [2.24, 2.45) is 5.41 Å². The van der Waals surface area contributed by atoms with Crippen molar-refractivity contribution >= 4 is 0 Å². The summed E-state index contributed by atoms with van der Waals surface area (Å²) in [7, 11) is 0. The van der Waals surface area contributed by atoms with E-state index in [1.807, 2.05) is 0 Å². The van der Waals surface area contributed by atoms with Gasteiger partial charge in [0.1, 0.15) is 0 Å². The Kier molecular flexibility index (Phi) is 5.01. The summed E-state index contributed by atoms with van der Waals surface area (Å²) in [6.07, 6.45) is 2.93. The third-order valence-electron chi connectivity index (χ3n) is 4.19. The van der Waals surface area contributed by atoms with Crippen LogP contribution in [0.3, 0.4) is 0 Å². The zero-order valence-corrected chi connectivity index (χ0v) is 11.8. The van der Waals surface area contributed by atoms with Crippen LogP contribution in [0.4, 0.5) is 0 Å². The largest absolute Gasteiger partial charge is 0.393 e. The van der Waals surface area contributed by atoms with Crippen LogP contribution in [-0.4, -0.2) is 61.5 Å². The van der Waals surface area contributed by atoms with Gasteiger partial charge in [-0.1, -0.05) is 13.8 Å². The molecule has 0 aromatic rings. The summed E-state index contributed by atoms with van der Waals surface area (Å²) >= 11 is 0. The molecule has 0 aromatic heterocycles. The van der Waals surface area contributed by atoms with Crippen LogP contribution in [0.15, 0.2) is 0 Å². The Hall–Kier alpha value is -0.160. The van der Waals surface area contributed by atoms with Crippen molar-refractivity contribution in [3.63, 3.8) is 0 Å². The van der Waals surface area contributed by atoms with E-state index < -0.39 is 0 Å². The van der Waals surface area contributed by atoms with Gasteiger partial charge >= 0.3 is 0 Å². The third kappa shape index (κ3) is 3.92. The van der Waals surface area contributed by atoms with Gasteiger partial charge in [-0.3, -0.25) is 0 Å². The first-order valence-electron chi connectivity index (χ1n) is 7.31. The van der Waals surface area contributed by atoms with Crippen molar-refractivity contribution in [1.29, 1.82) is 0 Å². The van der Waals surface area contributed by atoms with E-state index in [0.717, 1.165) is 58.7 Å². The molecular weight excluding hydrogens is 228 g/mol. The fourth-order valence-electron chi connectivity index (χ4n) is 2.94. The van der Waals surface area contributed by atoms with E-state index in [-0.39, 0.29) is 11.5 Å².